The van der Waals surface area contributed by atoms with E-state index in [4.69, 9.17) is 13.9 Å². The van der Waals surface area contributed by atoms with Crippen LogP contribution in [-0.4, -0.2) is 48.6 Å². The van der Waals surface area contributed by atoms with E-state index in [9.17, 15) is 4.79 Å². The first kappa shape index (κ1) is 14.9. The SMILES string of the molecule is O=c1oc2ccccc2n1CCN1CCC(C2OCCO2)CC1. The Morgan fingerprint density at radius 1 is 1.04 bits per heavy atom. The summed E-state index contributed by atoms with van der Waals surface area (Å²) in [5.74, 6) is 0.236. The number of piperidine rings is 1. The monoisotopic (exact) mass is 318 g/mol. The number of oxazole rings is 1. The molecule has 4 rings (SSSR count). The van der Waals surface area contributed by atoms with Crippen LogP contribution in [-0.2, 0) is 16.0 Å². The van der Waals surface area contributed by atoms with Crippen molar-refractivity contribution in [2.75, 3.05) is 32.8 Å². The van der Waals surface area contributed by atoms with E-state index in [1.165, 1.54) is 0 Å². The molecule has 0 amide bonds. The molecule has 0 spiro atoms. The van der Waals surface area contributed by atoms with Crippen LogP contribution in [0.1, 0.15) is 12.8 Å². The van der Waals surface area contributed by atoms with Gasteiger partial charge < -0.3 is 18.8 Å². The second kappa shape index (κ2) is 6.47. The second-order valence-corrected chi connectivity index (χ2v) is 6.28. The fourth-order valence-electron chi connectivity index (χ4n) is 3.56. The van der Waals surface area contributed by atoms with E-state index in [0.29, 0.717) is 18.0 Å². The maximum atomic E-state index is 12.0. The van der Waals surface area contributed by atoms with Crippen molar-refractivity contribution in [1.82, 2.24) is 9.47 Å². The Balaban J connectivity index is 1.34. The number of para-hydroxylation sites is 2. The van der Waals surface area contributed by atoms with E-state index in [2.05, 4.69) is 4.90 Å². The summed E-state index contributed by atoms with van der Waals surface area (Å²) in [6.45, 7) is 5.03. The number of hydrogen-bond donors (Lipinski definition) is 0. The quantitative estimate of drug-likeness (QED) is 0.858. The highest BCUT2D eigenvalue weighted by atomic mass is 16.7. The molecule has 0 N–H and O–H groups in total. The van der Waals surface area contributed by atoms with E-state index in [0.717, 1.165) is 51.2 Å². The van der Waals surface area contributed by atoms with Gasteiger partial charge in [-0.1, -0.05) is 12.1 Å². The van der Waals surface area contributed by atoms with Gasteiger partial charge in [0, 0.05) is 19.0 Å². The Labute approximate surface area is 134 Å². The zero-order valence-corrected chi connectivity index (χ0v) is 13.1. The molecule has 0 aliphatic carbocycles. The second-order valence-electron chi connectivity index (χ2n) is 6.28. The third kappa shape index (κ3) is 3.06. The molecule has 2 aliphatic heterocycles. The fourth-order valence-corrected chi connectivity index (χ4v) is 3.56. The van der Waals surface area contributed by atoms with Crippen LogP contribution in [0.4, 0.5) is 0 Å². The van der Waals surface area contributed by atoms with Gasteiger partial charge in [-0.2, -0.15) is 0 Å². The highest BCUT2D eigenvalue weighted by molar-refractivity contribution is 5.72. The van der Waals surface area contributed by atoms with Crippen LogP contribution in [0, 0.1) is 5.92 Å². The number of fused-ring (bicyclic) bond motifs is 1. The van der Waals surface area contributed by atoms with Gasteiger partial charge in [-0.3, -0.25) is 4.57 Å². The van der Waals surface area contributed by atoms with Gasteiger partial charge in [-0.15, -0.1) is 0 Å². The molecule has 3 heterocycles. The summed E-state index contributed by atoms with van der Waals surface area (Å²) in [7, 11) is 0. The topological polar surface area (TPSA) is 56.8 Å². The third-order valence-corrected chi connectivity index (χ3v) is 4.88. The molecule has 0 bridgehead atoms. The van der Waals surface area contributed by atoms with Crippen LogP contribution >= 0.6 is 0 Å². The molecule has 0 unspecified atom stereocenters. The molecule has 1 aromatic carbocycles. The van der Waals surface area contributed by atoms with Gasteiger partial charge in [-0.05, 0) is 38.1 Å². The molecule has 2 saturated heterocycles. The van der Waals surface area contributed by atoms with Crippen molar-refractivity contribution in [2.45, 2.75) is 25.7 Å². The Morgan fingerprint density at radius 3 is 2.57 bits per heavy atom. The first-order valence-electron chi connectivity index (χ1n) is 8.35. The minimum absolute atomic E-state index is 0.00223. The normalized spacial score (nSPS) is 21.4. The number of ether oxygens (including phenoxy) is 2. The van der Waals surface area contributed by atoms with Gasteiger partial charge in [0.25, 0.3) is 0 Å². The van der Waals surface area contributed by atoms with Crippen molar-refractivity contribution in [3.8, 4) is 0 Å². The Bertz CT molecular complexity index is 709. The molecule has 0 saturated carbocycles. The van der Waals surface area contributed by atoms with Gasteiger partial charge >= 0.3 is 5.76 Å². The predicted octanol–water partition coefficient (Wildman–Crippen LogP) is 1.68. The Hall–Kier alpha value is -1.63. The largest absolute Gasteiger partial charge is 0.419 e. The summed E-state index contributed by atoms with van der Waals surface area (Å²) >= 11 is 0. The number of aromatic nitrogens is 1. The molecular weight excluding hydrogens is 296 g/mol. The lowest BCUT2D eigenvalue weighted by Crippen LogP contribution is -2.40. The van der Waals surface area contributed by atoms with Crippen LogP contribution in [0.25, 0.3) is 11.1 Å². The molecule has 1 aromatic heterocycles. The standard InChI is InChI=1S/C17H22N2O4/c20-17-19(14-3-1-2-4-15(14)23-17)10-9-18-7-5-13(6-8-18)16-21-11-12-22-16/h1-4,13,16H,5-12H2. The minimum Gasteiger partial charge on any atom is -0.408 e. The molecule has 2 aromatic rings. The van der Waals surface area contributed by atoms with Crippen molar-refractivity contribution in [2.24, 2.45) is 5.92 Å². The average Bonchev–Trinajstić information content (AvgIpc) is 3.21. The summed E-state index contributed by atoms with van der Waals surface area (Å²) in [5, 5.41) is 0. The van der Waals surface area contributed by atoms with Gasteiger partial charge in [0.15, 0.2) is 11.9 Å². The lowest BCUT2D eigenvalue weighted by atomic mass is 9.96. The number of likely N-dealkylation sites (tertiary alicyclic amines) is 1. The molecule has 2 aliphatic rings. The molecule has 23 heavy (non-hydrogen) atoms. The van der Waals surface area contributed by atoms with Gasteiger partial charge in [0.05, 0.1) is 18.7 Å². The van der Waals surface area contributed by atoms with Gasteiger partial charge in [-0.25, -0.2) is 4.79 Å². The van der Waals surface area contributed by atoms with Crippen molar-refractivity contribution in [1.29, 1.82) is 0 Å². The maximum Gasteiger partial charge on any atom is 0.419 e. The zero-order chi connectivity index (χ0) is 15.6. The first-order chi connectivity index (χ1) is 11.3. The summed E-state index contributed by atoms with van der Waals surface area (Å²) in [6.07, 6.45) is 2.18. The van der Waals surface area contributed by atoms with Gasteiger partial charge in [0.2, 0.25) is 0 Å². The summed E-state index contributed by atoms with van der Waals surface area (Å²) in [6, 6.07) is 7.58. The molecular formula is C17H22N2O4. The van der Waals surface area contributed by atoms with Crippen molar-refractivity contribution < 1.29 is 13.9 Å². The number of hydrogen-bond acceptors (Lipinski definition) is 5. The van der Waals surface area contributed by atoms with Crippen LogP contribution in [0.15, 0.2) is 33.5 Å². The van der Waals surface area contributed by atoms with E-state index in [-0.39, 0.29) is 12.0 Å². The van der Waals surface area contributed by atoms with E-state index in [1.54, 1.807) is 4.57 Å². The highest BCUT2D eigenvalue weighted by Crippen LogP contribution is 2.25. The predicted molar refractivity (Wildman–Crippen MR) is 85.3 cm³/mol. The lowest BCUT2D eigenvalue weighted by molar-refractivity contribution is -0.0974. The maximum absolute atomic E-state index is 12.0. The Kier molecular flexibility index (Phi) is 4.20. The summed E-state index contributed by atoms with van der Waals surface area (Å²) in [4.78, 5) is 14.4. The minimum atomic E-state index is -0.270. The van der Waals surface area contributed by atoms with E-state index < -0.39 is 0 Å². The number of benzene rings is 1. The van der Waals surface area contributed by atoms with Gasteiger partial charge in [0.1, 0.15) is 0 Å². The molecule has 2 fully saturated rings. The number of nitrogens with zero attached hydrogens (tertiary/aromatic N) is 2. The summed E-state index contributed by atoms with van der Waals surface area (Å²) < 4.78 is 18.2. The van der Waals surface area contributed by atoms with Crippen molar-refractivity contribution >= 4 is 11.1 Å². The summed E-state index contributed by atoms with van der Waals surface area (Å²) in [5.41, 5.74) is 1.53. The highest BCUT2D eigenvalue weighted by Gasteiger charge is 2.30. The van der Waals surface area contributed by atoms with Crippen molar-refractivity contribution in [3.63, 3.8) is 0 Å². The first-order valence-corrected chi connectivity index (χ1v) is 8.35. The van der Waals surface area contributed by atoms with E-state index in [1.807, 2.05) is 24.3 Å². The zero-order valence-electron chi connectivity index (χ0n) is 13.1. The third-order valence-electron chi connectivity index (χ3n) is 4.88. The average molecular weight is 318 g/mol. The molecule has 0 atom stereocenters. The van der Waals surface area contributed by atoms with E-state index >= 15 is 0 Å². The van der Waals surface area contributed by atoms with Crippen LogP contribution in [0.3, 0.4) is 0 Å². The van der Waals surface area contributed by atoms with Crippen LogP contribution in [0.5, 0.6) is 0 Å². The molecule has 6 heteroatoms. The van der Waals surface area contributed by atoms with Crippen LogP contribution < -0.4 is 5.76 Å². The smallest absolute Gasteiger partial charge is 0.408 e. The molecule has 0 radical (unpaired) electrons. The Morgan fingerprint density at radius 2 is 1.78 bits per heavy atom. The molecule has 124 valence electrons. The van der Waals surface area contributed by atoms with Crippen molar-refractivity contribution in [3.05, 3.63) is 34.8 Å². The fraction of sp³-hybridized carbons (Fsp3) is 0.588. The lowest BCUT2D eigenvalue weighted by Gasteiger charge is -2.33. The van der Waals surface area contributed by atoms with Crippen LogP contribution in [0.2, 0.25) is 0 Å². The number of rotatable bonds is 4. The molecule has 6 nitrogen and oxygen atoms in total.